The van der Waals surface area contributed by atoms with Gasteiger partial charge in [0, 0.05) is 5.92 Å². The van der Waals surface area contributed by atoms with Crippen molar-refractivity contribution in [2.45, 2.75) is 19.0 Å². The topological polar surface area (TPSA) is 84.9 Å². The number of carboxylic acid groups (broad SMARTS) is 1. The van der Waals surface area contributed by atoms with Gasteiger partial charge in [-0.2, -0.15) is 8.78 Å². The highest BCUT2D eigenvalue weighted by Gasteiger charge is 2.34. The monoisotopic (exact) mass is 453 g/mol. The predicted molar refractivity (Wildman–Crippen MR) is 117 cm³/mol. The lowest BCUT2D eigenvalue weighted by Crippen LogP contribution is -2.41. The van der Waals surface area contributed by atoms with Crippen molar-refractivity contribution in [3.63, 3.8) is 0 Å². The third-order valence-electron chi connectivity index (χ3n) is 5.46. The van der Waals surface area contributed by atoms with Crippen LogP contribution in [0.4, 0.5) is 13.6 Å². The molecule has 1 aliphatic rings. The number of aromatic carboxylic acids is 1. The van der Waals surface area contributed by atoms with Gasteiger partial charge < -0.3 is 19.9 Å². The first-order chi connectivity index (χ1) is 15.7. The number of hydrogen-bond donors (Lipinski definition) is 2. The molecule has 1 amide bonds. The molecule has 0 heterocycles. The lowest BCUT2D eigenvalue weighted by atomic mass is 9.98. The lowest BCUT2D eigenvalue weighted by molar-refractivity contribution is -0.170. The molecule has 3 aromatic rings. The molecule has 0 aliphatic heterocycles. The summed E-state index contributed by atoms with van der Waals surface area (Å²) in [7, 11) is 0. The van der Waals surface area contributed by atoms with Crippen molar-refractivity contribution in [1.29, 1.82) is 0 Å². The second kappa shape index (κ2) is 8.90. The van der Waals surface area contributed by atoms with E-state index in [0.717, 1.165) is 28.3 Å². The van der Waals surface area contributed by atoms with E-state index in [1.165, 1.54) is 19.1 Å². The van der Waals surface area contributed by atoms with Gasteiger partial charge in [-0.25, -0.2) is 9.59 Å². The van der Waals surface area contributed by atoms with Gasteiger partial charge in [0.15, 0.2) is 0 Å². The molecule has 0 atom stereocenters. The van der Waals surface area contributed by atoms with Gasteiger partial charge in [0.2, 0.25) is 0 Å². The number of benzene rings is 3. The van der Waals surface area contributed by atoms with Crippen LogP contribution in [0.1, 0.15) is 33.0 Å². The van der Waals surface area contributed by atoms with E-state index in [1.807, 2.05) is 53.8 Å². The Morgan fingerprint density at radius 1 is 1.00 bits per heavy atom. The van der Waals surface area contributed by atoms with Crippen LogP contribution >= 0.6 is 0 Å². The molecule has 0 fully saturated rings. The Kier molecular flexibility index (Phi) is 6.00. The number of hydrogen-bond acceptors (Lipinski definition) is 4. The Morgan fingerprint density at radius 3 is 2.18 bits per heavy atom. The number of ether oxygens (including phenoxy) is 2. The van der Waals surface area contributed by atoms with E-state index >= 15 is 0 Å². The first-order valence-corrected chi connectivity index (χ1v) is 10.2. The average Bonchev–Trinajstić information content (AvgIpc) is 3.11. The summed E-state index contributed by atoms with van der Waals surface area (Å²) in [5.74, 6) is -1.54. The van der Waals surface area contributed by atoms with Crippen molar-refractivity contribution in [3.8, 4) is 16.9 Å². The van der Waals surface area contributed by atoms with Gasteiger partial charge in [-0.05, 0) is 52.9 Å². The summed E-state index contributed by atoms with van der Waals surface area (Å²) in [4.78, 5) is 23.1. The van der Waals surface area contributed by atoms with Crippen LogP contribution in [0.5, 0.6) is 5.75 Å². The van der Waals surface area contributed by atoms with Crippen molar-refractivity contribution >= 4 is 12.1 Å². The SMILES string of the molecule is Cc1cc(C(=O)O)ccc1OC(F)(F)CNC(=O)OCC1c2ccccc2-c2ccccc21. The summed E-state index contributed by atoms with van der Waals surface area (Å²) in [6.45, 7) is 0.350. The van der Waals surface area contributed by atoms with E-state index in [1.54, 1.807) is 0 Å². The van der Waals surface area contributed by atoms with Crippen LogP contribution in [-0.4, -0.2) is 36.4 Å². The number of carbonyl (C=O) groups is 2. The van der Waals surface area contributed by atoms with Crippen molar-refractivity contribution in [1.82, 2.24) is 5.32 Å². The van der Waals surface area contributed by atoms with Gasteiger partial charge in [-0.3, -0.25) is 0 Å². The fraction of sp³-hybridized carbons (Fsp3) is 0.200. The first-order valence-electron chi connectivity index (χ1n) is 10.2. The average molecular weight is 453 g/mol. The van der Waals surface area contributed by atoms with Gasteiger partial charge in [0.25, 0.3) is 0 Å². The number of aryl methyl sites for hydroxylation is 1. The zero-order valence-electron chi connectivity index (χ0n) is 17.7. The Balaban J connectivity index is 1.35. The number of alkyl carbamates (subject to hydrolysis) is 1. The smallest absolute Gasteiger partial charge is 0.415 e. The molecule has 0 bridgehead atoms. The normalized spacial score (nSPS) is 12.6. The summed E-state index contributed by atoms with van der Waals surface area (Å²) >= 11 is 0. The van der Waals surface area contributed by atoms with E-state index in [4.69, 9.17) is 14.6 Å². The zero-order chi connectivity index (χ0) is 23.6. The highest BCUT2D eigenvalue weighted by molar-refractivity contribution is 5.88. The number of carbonyl (C=O) groups excluding carboxylic acids is 1. The number of nitrogens with one attached hydrogen (secondary N) is 1. The Hall–Kier alpha value is -3.94. The van der Waals surface area contributed by atoms with Gasteiger partial charge in [-0.15, -0.1) is 0 Å². The number of halogens is 2. The highest BCUT2D eigenvalue weighted by Crippen LogP contribution is 2.44. The molecule has 0 radical (unpaired) electrons. The molecule has 33 heavy (non-hydrogen) atoms. The molecule has 0 unspecified atom stereocenters. The van der Waals surface area contributed by atoms with Crippen LogP contribution in [0.25, 0.3) is 11.1 Å². The summed E-state index contributed by atoms with van der Waals surface area (Å²) < 4.78 is 38.4. The van der Waals surface area contributed by atoms with Crippen LogP contribution in [0, 0.1) is 6.92 Å². The molecule has 170 valence electrons. The molecular formula is C25H21F2NO5. The molecule has 0 saturated heterocycles. The minimum Gasteiger partial charge on any atom is -0.478 e. The molecule has 6 nitrogen and oxygen atoms in total. The van der Waals surface area contributed by atoms with E-state index in [0.29, 0.717) is 0 Å². The van der Waals surface area contributed by atoms with Crippen LogP contribution in [-0.2, 0) is 4.74 Å². The van der Waals surface area contributed by atoms with E-state index in [9.17, 15) is 18.4 Å². The van der Waals surface area contributed by atoms with E-state index in [2.05, 4.69) is 0 Å². The number of amides is 1. The third kappa shape index (κ3) is 4.79. The van der Waals surface area contributed by atoms with Crippen molar-refractivity contribution in [2.24, 2.45) is 0 Å². The summed E-state index contributed by atoms with van der Waals surface area (Å²) in [6.07, 6.45) is -4.71. The van der Waals surface area contributed by atoms with Crippen molar-refractivity contribution < 1.29 is 33.0 Å². The summed E-state index contributed by atoms with van der Waals surface area (Å²) in [5.41, 5.74) is 4.34. The predicted octanol–water partition coefficient (Wildman–Crippen LogP) is 5.20. The van der Waals surface area contributed by atoms with Gasteiger partial charge in [-0.1, -0.05) is 48.5 Å². The molecule has 0 aromatic heterocycles. The number of carboxylic acids is 1. The Morgan fingerprint density at radius 2 is 1.61 bits per heavy atom. The van der Waals surface area contributed by atoms with Crippen LogP contribution in [0.2, 0.25) is 0 Å². The summed E-state index contributed by atoms with van der Waals surface area (Å²) in [5, 5.41) is 11.0. The standard InChI is InChI=1S/C25H21F2NO5/c1-15-12-16(23(29)30)10-11-22(15)33-25(26,27)14-28-24(31)32-13-21-19-8-4-2-6-17(19)18-7-3-5-9-20(18)21/h2-12,21H,13-14H2,1H3,(H,28,31)(H,29,30). The van der Waals surface area contributed by atoms with Crippen LogP contribution in [0.15, 0.2) is 66.7 Å². The van der Waals surface area contributed by atoms with E-state index < -0.39 is 24.7 Å². The quantitative estimate of drug-likeness (QED) is 0.514. The molecule has 2 N–H and O–H groups in total. The molecule has 0 spiro atoms. The van der Waals surface area contributed by atoms with Crippen molar-refractivity contribution in [2.75, 3.05) is 13.2 Å². The number of rotatable bonds is 7. The van der Waals surface area contributed by atoms with Gasteiger partial charge >= 0.3 is 18.2 Å². The minimum atomic E-state index is -3.72. The van der Waals surface area contributed by atoms with Gasteiger partial charge in [0.1, 0.15) is 18.9 Å². The molecule has 1 aliphatic carbocycles. The molecule has 0 saturated carbocycles. The number of alkyl halides is 2. The molecule has 4 rings (SSSR count). The largest absolute Gasteiger partial charge is 0.478 e. The second-order valence-electron chi connectivity index (χ2n) is 7.70. The highest BCUT2D eigenvalue weighted by atomic mass is 19.3. The van der Waals surface area contributed by atoms with Gasteiger partial charge in [0.05, 0.1) is 5.56 Å². The Bertz CT molecular complexity index is 1170. The minimum absolute atomic E-state index is 0.00203. The fourth-order valence-corrected chi connectivity index (χ4v) is 3.92. The molecule has 8 heteroatoms. The zero-order valence-corrected chi connectivity index (χ0v) is 17.7. The Labute approximate surface area is 188 Å². The lowest BCUT2D eigenvalue weighted by Gasteiger charge is -2.20. The molecular weight excluding hydrogens is 432 g/mol. The molecule has 3 aromatic carbocycles. The van der Waals surface area contributed by atoms with Crippen LogP contribution < -0.4 is 10.1 Å². The maximum atomic E-state index is 14.2. The number of fused-ring (bicyclic) bond motifs is 3. The maximum absolute atomic E-state index is 14.2. The fourth-order valence-electron chi connectivity index (χ4n) is 3.92. The summed E-state index contributed by atoms with van der Waals surface area (Å²) in [6, 6.07) is 19.1. The third-order valence-corrected chi connectivity index (χ3v) is 5.46. The van der Waals surface area contributed by atoms with Crippen molar-refractivity contribution in [3.05, 3.63) is 89.0 Å². The van der Waals surface area contributed by atoms with E-state index in [-0.39, 0.29) is 29.4 Å². The second-order valence-corrected chi connectivity index (χ2v) is 7.70. The first kappa shape index (κ1) is 22.3. The maximum Gasteiger partial charge on any atom is 0.415 e. The van der Waals surface area contributed by atoms with Crippen LogP contribution in [0.3, 0.4) is 0 Å².